The summed E-state index contributed by atoms with van der Waals surface area (Å²) in [5.41, 5.74) is 1.24. The molecule has 0 aliphatic heterocycles. The zero-order valence-electron chi connectivity index (χ0n) is 15.8. The van der Waals surface area contributed by atoms with E-state index in [2.05, 4.69) is 10.6 Å². The van der Waals surface area contributed by atoms with Gasteiger partial charge in [0.1, 0.15) is 9.88 Å². The molecule has 0 aliphatic carbocycles. The number of rotatable bonds is 8. The minimum atomic E-state index is -0.565. The molecule has 0 bridgehead atoms. The Kier molecular flexibility index (Phi) is 7.83. The number of ether oxygens (including phenoxy) is 2. The smallest absolute Gasteiger partial charge is 0.348 e. The summed E-state index contributed by atoms with van der Waals surface area (Å²) in [6, 6.07) is 6.75. The van der Waals surface area contributed by atoms with Gasteiger partial charge in [-0.1, -0.05) is 17.7 Å². The van der Waals surface area contributed by atoms with Crippen LogP contribution in [0.2, 0.25) is 5.02 Å². The number of esters is 2. The fourth-order valence-corrected chi connectivity index (χ4v) is 3.69. The molecule has 1 amide bonds. The Hall–Kier alpha value is -2.58. The summed E-state index contributed by atoms with van der Waals surface area (Å²) >= 11 is 6.95. The first-order valence-electron chi connectivity index (χ1n) is 8.64. The highest BCUT2D eigenvalue weighted by Gasteiger charge is 2.26. The van der Waals surface area contributed by atoms with Crippen molar-refractivity contribution >= 4 is 51.5 Å². The minimum Gasteiger partial charge on any atom is -0.462 e. The SMILES string of the molecule is CCOC(=O)c1sc(NCC(=O)Nc2cccc(Cl)c2)c(C(=O)OCC)c1C. The van der Waals surface area contributed by atoms with E-state index in [1.165, 1.54) is 0 Å². The second-order valence-electron chi connectivity index (χ2n) is 5.61. The first kappa shape index (κ1) is 21.7. The average Bonchev–Trinajstić information content (AvgIpc) is 2.97. The normalized spacial score (nSPS) is 10.3. The van der Waals surface area contributed by atoms with Gasteiger partial charge in [0.2, 0.25) is 5.91 Å². The zero-order chi connectivity index (χ0) is 20.7. The van der Waals surface area contributed by atoms with E-state index >= 15 is 0 Å². The Morgan fingerprint density at radius 2 is 1.79 bits per heavy atom. The average molecular weight is 425 g/mol. The summed E-state index contributed by atoms with van der Waals surface area (Å²) < 4.78 is 10.1. The van der Waals surface area contributed by atoms with Gasteiger partial charge in [0.25, 0.3) is 0 Å². The molecule has 0 unspecified atom stereocenters. The molecular weight excluding hydrogens is 404 g/mol. The van der Waals surface area contributed by atoms with E-state index in [0.29, 0.717) is 26.2 Å². The quantitative estimate of drug-likeness (QED) is 0.619. The van der Waals surface area contributed by atoms with Crippen molar-refractivity contribution in [3.8, 4) is 0 Å². The number of nitrogens with one attached hydrogen (secondary N) is 2. The molecule has 2 rings (SSSR count). The van der Waals surface area contributed by atoms with E-state index in [-0.39, 0.29) is 31.2 Å². The second-order valence-corrected chi connectivity index (χ2v) is 7.07. The molecule has 2 aromatic rings. The summed E-state index contributed by atoms with van der Waals surface area (Å²) in [5, 5.41) is 6.49. The zero-order valence-corrected chi connectivity index (χ0v) is 17.3. The van der Waals surface area contributed by atoms with Crippen LogP contribution in [0, 0.1) is 6.92 Å². The molecule has 1 aromatic heterocycles. The highest BCUT2D eigenvalue weighted by Crippen LogP contribution is 2.34. The van der Waals surface area contributed by atoms with Crippen molar-refractivity contribution in [3.63, 3.8) is 0 Å². The number of hydrogen-bond donors (Lipinski definition) is 2. The fourth-order valence-electron chi connectivity index (χ4n) is 2.41. The van der Waals surface area contributed by atoms with E-state index < -0.39 is 11.9 Å². The summed E-state index contributed by atoms with van der Waals surface area (Å²) in [5.74, 6) is -1.42. The minimum absolute atomic E-state index is 0.110. The number of anilines is 2. The van der Waals surface area contributed by atoms with Crippen LogP contribution in [0.15, 0.2) is 24.3 Å². The van der Waals surface area contributed by atoms with Gasteiger partial charge in [0, 0.05) is 10.7 Å². The first-order valence-corrected chi connectivity index (χ1v) is 9.83. The van der Waals surface area contributed by atoms with Crippen molar-refractivity contribution in [2.75, 3.05) is 30.4 Å². The Morgan fingerprint density at radius 1 is 1.11 bits per heavy atom. The van der Waals surface area contributed by atoms with Crippen LogP contribution in [-0.2, 0) is 14.3 Å². The van der Waals surface area contributed by atoms with Crippen LogP contribution in [0.1, 0.15) is 39.4 Å². The number of amides is 1. The van der Waals surface area contributed by atoms with Crippen LogP contribution >= 0.6 is 22.9 Å². The van der Waals surface area contributed by atoms with E-state index in [1.807, 2.05) is 0 Å². The monoisotopic (exact) mass is 424 g/mol. The molecule has 0 saturated heterocycles. The highest BCUT2D eigenvalue weighted by atomic mass is 35.5. The van der Waals surface area contributed by atoms with E-state index in [9.17, 15) is 14.4 Å². The maximum Gasteiger partial charge on any atom is 0.348 e. The van der Waals surface area contributed by atoms with Crippen LogP contribution in [0.5, 0.6) is 0 Å². The summed E-state index contributed by atoms with van der Waals surface area (Å²) in [6.45, 7) is 5.34. The standard InChI is InChI=1S/C19H21ClN2O5S/c1-4-26-18(24)15-11(3)16(19(25)27-5-2)28-17(15)21-10-14(23)22-13-8-6-7-12(20)9-13/h6-9,21H,4-5,10H2,1-3H3,(H,22,23). The summed E-state index contributed by atoms with van der Waals surface area (Å²) in [4.78, 5) is 37.0. The van der Waals surface area contributed by atoms with Gasteiger partial charge in [0.05, 0.1) is 25.3 Å². The van der Waals surface area contributed by atoms with Crippen LogP contribution < -0.4 is 10.6 Å². The molecule has 9 heteroatoms. The number of carbonyl (C=O) groups excluding carboxylic acids is 3. The molecule has 28 heavy (non-hydrogen) atoms. The van der Waals surface area contributed by atoms with Crippen molar-refractivity contribution < 1.29 is 23.9 Å². The molecule has 0 radical (unpaired) electrons. The Balaban J connectivity index is 2.18. The van der Waals surface area contributed by atoms with Gasteiger partial charge in [-0.15, -0.1) is 11.3 Å². The molecule has 0 fully saturated rings. The van der Waals surface area contributed by atoms with Gasteiger partial charge in [-0.25, -0.2) is 9.59 Å². The number of carbonyl (C=O) groups is 3. The lowest BCUT2D eigenvalue weighted by atomic mass is 10.1. The lowest BCUT2D eigenvalue weighted by molar-refractivity contribution is -0.114. The van der Waals surface area contributed by atoms with Gasteiger partial charge in [-0.3, -0.25) is 4.79 Å². The number of hydrogen-bond acceptors (Lipinski definition) is 7. The predicted molar refractivity (Wildman–Crippen MR) is 110 cm³/mol. The van der Waals surface area contributed by atoms with Crippen molar-refractivity contribution in [2.24, 2.45) is 0 Å². The maximum absolute atomic E-state index is 12.3. The molecule has 1 aromatic carbocycles. The van der Waals surface area contributed by atoms with Crippen molar-refractivity contribution in [1.82, 2.24) is 0 Å². The molecule has 1 heterocycles. The van der Waals surface area contributed by atoms with E-state index in [4.69, 9.17) is 21.1 Å². The van der Waals surface area contributed by atoms with Crippen LogP contribution in [-0.4, -0.2) is 37.6 Å². The largest absolute Gasteiger partial charge is 0.462 e. The molecule has 0 spiro atoms. The number of thiophene rings is 1. The third kappa shape index (κ3) is 5.46. The molecule has 0 aliphatic rings. The molecule has 2 N–H and O–H groups in total. The van der Waals surface area contributed by atoms with Crippen LogP contribution in [0.25, 0.3) is 0 Å². The molecule has 0 atom stereocenters. The molecular formula is C19H21ClN2O5S. The third-order valence-electron chi connectivity index (χ3n) is 3.61. The Labute approximate surface area is 172 Å². The van der Waals surface area contributed by atoms with E-state index in [0.717, 1.165) is 11.3 Å². The molecule has 150 valence electrons. The number of halogens is 1. The summed E-state index contributed by atoms with van der Waals surface area (Å²) in [7, 11) is 0. The van der Waals surface area contributed by atoms with Gasteiger partial charge in [-0.05, 0) is 44.5 Å². The van der Waals surface area contributed by atoms with Crippen LogP contribution in [0.3, 0.4) is 0 Å². The van der Waals surface area contributed by atoms with Crippen molar-refractivity contribution in [3.05, 3.63) is 45.3 Å². The predicted octanol–water partition coefficient (Wildman–Crippen LogP) is 4.11. The fraction of sp³-hybridized carbons (Fsp3) is 0.316. The van der Waals surface area contributed by atoms with Gasteiger partial charge < -0.3 is 20.1 Å². The summed E-state index contributed by atoms with van der Waals surface area (Å²) in [6.07, 6.45) is 0. The maximum atomic E-state index is 12.3. The van der Waals surface area contributed by atoms with Crippen molar-refractivity contribution in [2.45, 2.75) is 20.8 Å². The number of benzene rings is 1. The molecule has 7 nitrogen and oxygen atoms in total. The van der Waals surface area contributed by atoms with Gasteiger partial charge >= 0.3 is 11.9 Å². The Morgan fingerprint density at radius 3 is 2.43 bits per heavy atom. The highest BCUT2D eigenvalue weighted by molar-refractivity contribution is 7.18. The van der Waals surface area contributed by atoms with Crippen molar-refractivity contribution in [1.29, 1.82) is 0 Å². The van der Waals surface area contributed by atoms with Gasteiger partial charge in [0.15, 0.2) is 0 Å². The van der Waals surface area contributed by atoms with E-state index in [1.54, 1.807) is 45.0 Å². The van der Waals surface area contributed by atoms with Crippen LogP contribution in [0.4, 0.5) is 10.7 Å². The second kappa shape index (κ2) is 10.1. The third-order valence-corrected chi connectivity index (χ3v) is 5.07. The lowest BCUT2D eigenvalue weighted by Crippen LogP contribution is -2.22. The Bertz CT molecular complexity index is 881. The molecule has 0 saturated carbocycles. The lowest BCUT2D eigenvalue weighted by Gasteiger charge is -2.09. The van der Waals surface area contributed by atoms with Gasteiger partial charge in [-0.2, -0.15) is 0 Å². The first-order chi connectivity index (χ1) is 13.4. The topological polar surface area (TPSA) is 93.7 Å².